The van der Waals surface area contributed by atoms with Crippen molar-refractivity contribution in [1.29, 1.82) is 0 Å². The largest absolute Gasteiger partial charge is 0.405 e. The molecule has 0 spiro atoms. The van der Waals surface area contributed by atoms with Crippen molar-refractivity contribution in [2.24, 2.45) is 11.5 Å². The monoisotopic (exact) mass is 184 g/mol. The van der Waals surface area contributed by atoms with E-state index in [0.717, 1.165) is 5.57 Å². The molecule has 0 aromatic heterocycles. The summed E-state index contributed by atoms with van der Waals surface area (Å²) in [5.41, 5.74) is 12.2. The third-order valence-corrected chi connectivity index (χ3v) is 1.04. The van der Waals surface area contributed by atoms with Gasteiger partial charge in [0.15, 0.2) is 0 Å². The van der Waals surface area contributed by atoms with Gasteiger partial charge < -0.3 is 11.5 Å². The molecule has 0 radical (unpaired) electrons. The van der Waals surface area contributed by atoms with E-state index in [1.807, 2.05) is 34.6 Å². The van der Waals surface area contributed by atoms with E-state index in [9.17, 15) is 0 Å². The van der Waals surface area contributed by atoms with Crippen LogP contribution >= 0.6 is 0 Å². The molecule has 0 atom stereocenters. The first-order valence-corrected chi connectivity index (χ1v) is 4.69. The maximum Gasteiger partial charge on any atom is 0.0357 e. The van der Waals surface area contributed by atoms with Crippen LogP contribution in [-0.4, -0.2) is 0 Å². The molecule has 2 heteroatoms. The second-order valence-electron chi connectivity index (χ2n) is 1.70. The van der Waals surface area contributed by atoms with E-state index in [1.165, 1.54) is 6.20 Å². The molecule has 0 rings (SSSR count). The highest BCUT2D eigenvalue weighted by molar-refractivity contribution is 5.27. The summed E-state index contributed by atoms with van der Waals surface area (Å²) in [4.78, 5) is 0. The van der Waals surface area contributed by atoms with Crippen LogP contribution in [0.1, 0.15) is 34.6 Å². The lowest BCUT2D eigenvalue weighted by atomic mass is 10.2. The van der Waals surface area contributed by atoms with Gasteiger partial charge >= 0.3 is 0 Å². The summed E-state index contributed by atoms with van der Waals surface area (Å²) >= 11 is 0. The van der Waals surface area contributed by atoms with Crippen LogP contribution < -0.4 is 11.5 Å². The summed E-state index contributed by atoms with van der Waals surface area (Å²) in [6.45, 7) is 13.4. The van der Waals surface area contributed by atoms with Gasteiger partial charge in [-0.2, -0.15) is 0 Å². The molecule has 2 nitrogen and oxygen atoms in total. The number of hydrogen-bond donors (Lipinski definition) is 2. The molecule has 0 bridgehead atoms. The average Bonchev–Trinajstić information content (AvgIpc) is 2.23. The minimum atomic E-state index is 0.660. The molecule has 4 N–H and O–H groups in total. The lowest BCUT2D eigenvalue weighted by Crippen LogP contribution is -1.96. The zero-order valence-corrected chi connectivity index (χ0v) is 9.59. The zero-order chi connectivity index (χ0) is 11.3. The van der Waals surface area contributed by atoms with Crippen molar-refractivity contribution in [2.45, 2.75) is 34.6 Å². The quantitative estimate of drug-likeness (QED) is 0.648. The molecule has 78 valence electrons. The highest BCUT2D eigenvalue weighted by atomic mass is 14.6. The van der Waals surface area contributed by atoms with Crippen LogP contribution in [0.3, 0.4) is 0 Å². The molecule has 0 aliphatic heterocycles. The third-order valence-electron chi connectivity index (χ3n) is 1.04. The van der Waals surface area contributed by atoms with E-state index in [2.05, 4.69) is 6.58 Å². The Morgan fingerprint density at radius 2 is 1.54 bits per heavy atom. The van der Waals surface area contributed by atoms with Gasteiger partial charge in [0.2, 0.25) is 0 Å². The van der Waals surface area contributed by atoms with E-state index in [4.69, 9.17) is 11.5 Å². The van der Waals surface area contributed by atoms with Crippen molar-refractivity contribution in [3.05, 3.63) is 36.2 Å². The first-order valence-electron chi connectivity index (χ1n) is 4.69. The SMILES string of the molecule is C=C/C(C)=C(N)/C=C\N.CC.CC. The van der Waals surface area contributed by atoms with Gasteiger partial charge in [0, 0.05) is 5.70 Å². The van der Waals surface area contributed by atoms with Crippen LogP contribution in [-0.2, 0) is 0 Å². The number of rotatable bonds is 2. The van der Waals surface area contributed by atoms with E-state index in [1.54, 1.807) is 12.2 Å². The van der Waals surface area contributed by atoms with Gasteiger partial charge in [-0.3, -0.25) is 0 Å². The average molecular weight is 184 g/mol. The van der Waals surface area contributed by atoms with Crippen LogP contribution in [0.15, 0.2) is 36.2 Å². The van der Waals surface area contributed by atoms with Crippen molar-refractivity contribution in [1.82, 2.24) is 0 Å². The Labute approximate surface area is 83.0 Å². The van der Waals surface area contributed by atoms with Crippen LogP contribution in [0, 0.1) is 0 Å². The first-order chi connectivity index (χ1) is 6.22. The van der Waals surface area contributed by atoms with Gasteiger partial charge in [0.25, 0.3) is 0 Å². The number of nitrogens with two attached hydrogens (primary N) is 2. The minimum Gasteiger partial charge on any atom is -0.405 e. The molecule has 0 saturated carbocycles. The van der Waals surface area contributed by atoms with Gasteiger partial charge in [-0.15, -0.1) is 0 Å². The fourth-order valence-corrected chi connectivity index (χ4v) is 0.353. The van der Waals surface area contributed by atoms with Gasteiger partial charge in [-0.1, -0.05) is 40.3 Å². The topological polar surface area (TPSA) is 52.0 Å². The molecule has 0 aromatic carbocycles. The van der Waals surface area contributed by atoms with E-state index in [-0.39, 0.29) is 0 Å². The summed E-state index contributed by atoms with van der Waals surface area (Å²) in [5.74, 6) is 0. The predicted molar refractivity (Wildman–Crippen MR) is 63.1 cm³/mol. The van der Waals surface area contributed by atoms with Gasteiger partial charge in [0.1, 0.15) is 0 Å². The number of allylic oxidation sites excluding steroid dienone is 3. The van der Waals surface area contributed by atoms with Crippen LogP contribution in [0.2, 0.25) is 0 Å². The van der Waals surface area contributed by atoms with E-state index < -0.39 is 0 Å². The normalized spacial score (nSPS) is 10.2. The Morgan fingerprint density at radius 1 is 1.15 bits per heavy atom. The van der Waals surface area contributed by atoms with Gasteiger partial charge in [-0.05, 0) is 24.8 Å². The van der Waals surface area contributed by atoms with Crippen molar-refractivity contribution in [3.8, 4) is 0 Å². The Bertz CT molecular complexity index is 155. The second kappa shape index (κ2) is 17.1. The van der Waals surface area contributed by atoms with Crippen molar-refractivity contribution in [3.63, 3.8) is 0 Å². The molecule has 0 saturated heterocycles. The molecule has 0 amide bonds. The first kappa shape index (κ1) is 17.8. The third kappa shape index (κ3) is 13.8. The summed E-state index contributed by atoms with van der Waals surface area (Å²) in [6.07, 6.45) is 4.73. The lowest BCUT2D eigenvalue weighted by Gasteiger charge is -1.93. The molecule has 0 fully saturated rings. The predicted octanol–water partition coefficient (Wildman–Crippen LogP) is 2.93. The lowest BCUT2D eigenvalue weighted by molar-refractivity contribution is 1.31. The highest BCUT2D eigenvalue weighted by Gasteiger charge is 1.84. The molecular weight excluding hydrogens is 160 g/mol. The summed E-state index contributed by atoms with van der Waals surface area (Å²) in [5, 5.41) is 0. The Kier molecular flexibility index (Phi) is 23.3. The molecule has 0 aliphatic rings. The minimum absolute atomic E-state index is 0.660. The molecule has 0 unspecified atom stereocenters. The Morgan fingerprint density at radius 3 is 1.77 bits per heavy atom. The van der Waals surface area contributed by atoms with Crippen molar-refractivity contribution < 1.29 is 0 Å². The summed E-state index contributed by atoms with van der Waals surface area (Å²) in [7, 11) is 0. The molecule has 0 heterocycles. The van der Waals surface area contributed by atoms with Gasteiger partial charge in [0.05, 0.1) is 0 Å². The smallest absolute Gasteiger partial charge is 0.0357 e. The van der Waals surface area contributed by atoms with E-state index >= 15 is 0 Å². The summed E-state index contributed by atoms with van der Waals surface area (Å²) in [6, 6.07) is 0. The van der Waals surface area contributed by atoms with E-state index in [0.29, 0.717) is 5.70 Å². The second-order valence-corrected chi connectivity index (χ2v) is 1.70. The standard InChI is InChI=1S/C7H12N2.2C2H6/c1-3-6(2)7(9)4-5-8;2*1-2/h3-5H,1,8-9H2,2H3;2*1-2H3/b5-4-,7-6-;;. The van der Waals surface area contributed by atoms with Crippen LogP contribution in [0.25, 0.3) is 0 Å². The van der Waals surface area contributed by atoms with Crippen LogP contribution in [0.5, 0.6) is 0 Å². The molecule has 13 heavy (non-hydrogen) atoms. The highest BCUT2D eigenvalue weighted by Crippen LogP contribution is 1.98. The fourth-order valence-electron chi connectivity index (χ4n) is 0.353. The molecule has 0 aliphatic carbocycles. The van der Waals surface area contributed by atoms with Gasteiger partial charge in [-0.25, -0.2) is 0 Å². The van der Waals surface area contributed by atoms with Crippen molar-refractivity contribution >= 4 is 0 Å². The molecule has 0 aromatic rings. The fraction of sp³-hybridized carbons (Fsp3) is 0.455. The maximum atomic E-state index is 5.48. The zero-order valence-electron chi connectivity index (χ0n) is 9.59. The van der Waals surface area contributed by atoms with Crippen LogP contribution in [0.4, 0.5) is 0 Å². The molecular formula is C11H24N2. The van der Waals surface area contributed by atoms with Crippen molar-refractivity contribution in [2.75, 3.05) is 0 Å². The maximum absolute atomic E-state index is 5.48. The Balaban J connectivity index is -0.000000218. The number of hydrogen-bond acceptors (Lipinski definition) is 2. The Hall–Kier alpha value is -1.18. The summed E-state index contributed by atoms with van der Waals surface area (Å²) < 4.78 is 0.